The van der Waals surface area contributed by atoms with Crippen molar-refractivity contribution >= 4 is 46.2 Å². The molecule has 3 rings (SSSR count). The molecular weight excluding hydrogens is 396 g/mol. The lowest BCUT2D eigenvalue weighted by Crippen LogP contribution is -2.23. The summed E-state index contributed by atoms with van der Waals surface area (Å²) in [6.07, 6.45) is 3.45. The van der Waals surface area contributed by atoms with Crippen LogP contribution in [-0.2, 0) is 4.79 Å². The summed E-state index contributed by atoms with van der Waals surface area (Å²) in [6, 6.07) is 12.7. The maximum Gasteiger partial charge on any atom is 0.266 e. The zero-order valence-corrected chi connectivity index (χ0v) is 17.1. The summed E-state index contributed by atoms with van der Waals surface area (Å²) in [6.45, 7) is 3.99. The highest BCUT2D eigenvalue weighted by atomic mass is 35.5. The Balaban J connectivity index is 1.81. The number of likely N-dealkylation sites (N-methyl/N-ethyl adjacent to an activating group) is 1. The number of ether oxygens (including phenoxy) is 2. The normalized spacial score (nSPS) is 16.7. The van der Waals surface area contributed by atoms with Gasteiger partial charge in [0.1, 0.15) is 18.1 Å². The molecule has 0 aromatic heterocycles. The van der Waals surface area contributed by atoms with Crippen molar-refractivity contribution in [2.75, 3.05) is 20.8 Å². The van der Waals surface area contributed by atoms with Gasteiger partial charge in [-0.25, -0.2) is 4.99 Å². The average Bonchev–Trinajstić information content (AvgIpc) is 2.96. The molecule has 0 atom stereocenters. The van der Waals surface area contributed by atoms with E-state index in [1.807, 2.05) is 30.3 Å². The molecule has 2 aromatic carbocycles. The molecule has 1 amide bonds. The van der Waals surface area contributed by atoms with Gasteiger partial charge in [-0.2, -0.15) is 0 Å². The molecule has 0 unspecified atom stereocenters. The Morgan fingerprint density at radius 2 is 2.00 bits per heavy atom. The van der Waals surface area contributed by atoms with Crippen LogP contribution in [0.5, 0.6) is 11.5 Å². The Labute approximate surface area is 173 Å². The summed E-state index contributed by atoms with van der Waals surface area (Å²) >= 11 is 7.57. The Morgan fingerprint density at radius 3 is 2.64 bits per heavy atom. The smallest absolute Gasteiger partial charge is 0.266 e. The lowest BCUT2D eigenvalue weighted by Gasteiger charge is -2.07. The summed E-state index contributed by atoms with van der Waals surface area (Å²) in [7, 11) is 3.32. The number of nitrogens with zero attached hydrogens (tertiary/aromatic N) is 2. The summed E-state index contributed by atoms with van der Waals surface area (Å²) in [5.41, 5.74) is 1.56. The van der Waals surface area contributed by atoms with Gasteiger partial charge in [-0.05, 0) is 59.8 Å². The fraction of sp³-hybridized carbons (Fsp3) is 0.143. The number of amidine groups is 1. The molecule has 1 aliphatic rings. The van der Waals surface area contributed by atoms with Gasteiger partial charge in [0.25, 0.3) is 5.91 Å². The first-order valence-electron chi connectivity index (χ1n) is 8.45. The Bertz CT molecular complexity index is 955. The fourth-order valence-electron chi connectivity index (χ4n) is 2.44. The molecule has 5 nitrogen and oxygen atoms in total. The predicted octanol–water partition coefficient (Wildman–Crippen LogP) is 5.15. The molecule has 0 saturated carbocycles. The molecule has 7 heteroatoms. The minimum atomic E-state index is -0.111. The molecule has 28 heavy (non-hydrogen) atoms. The van der Waals surface area contributed by atoms with Gasteiger partial charge in [0.2, 0.25) is 0 Å². The number of amides is 1. The van der Waals surface area contributed by atoms with Crippen LogP contribution in [0.25, 0.3) is 6.08 Å². The third kappa shape index (κ3) is 4.58. The summed E-state index contributed by atoms with van der Waals surface area (Å²) in [5.74, 6) is 1.22. The summed E-state index contributed by atoms with van der Waals surface area (Å²) < 4.78 is 10.6. The molecular formula is C21H19ClN2O3S. The van der Waals surface area contributed by atoms with Crippen LogP contribution in [0.3, 0.4) is 0 Å². The van der Waals surface area contributed by atoms with E-state index in [0.29, 0.717) is 27.5 Å². The second-order valence-corrected chi connectivity index (χ2v) is 7.27. The maximum absolute atomic E-state index is 12.6. The van der Waals surface area contributed by atoms with Gasteiger partial charge in [0.05, 0.1) is 22.7 Å². The molecule has 0 bridgehead atoms. The highest BCUT2D eigenvalue weighted by Gasteiger charge is 2.30. The van der Waals surface area contributed by atoms with Crippen LogP contribution in [0.2, 0.25) is 5.02 Å². The van der Waals surface area contributed by atoms with Crippen molar-refractivity contribution in [3.63, 3.8) is 0 Å². The first-order chi connectivity index (χ1) is 13.5. The van der Waals surface area contributed by atoms with Crippen molar-refractivity contribution in [3.05, 3.63) is 70.6 Å². The zero-order valence-electron chi connectivity index (χ0n) is 15.5. The first kappa shape index (κ1) is 20.0. The van der Waals surface area contributed by atoms with Crippen molar-refractivity contribution in [2.45, 2.75) is 0 Å². The molecule has 144 valence electrons. The lowest BCUT2D eigenvalue weighted by molar-refractivity contribution is -0.121. The number of hydrogen-bond donors (Lipinski definition) is 0. The van der Waals surface area contributed by atoms with Gasteiger partial charge < -0.3 is 9.47 Å². The van der Waals surface area contributed by atoms with E-state index in [2.05, 4.69) is 11.6 Å². The monoisotopic (exact) mass is 414 g/mol. The van der Waals surface area contributed by atoms with Crippen LogP contribution in [0.4, 0.5) is 5.69 Å². The third-order valence-corrected chi connectivity index (χ3v) is 5.27. The van der Waals surface area contributed by atoms with Crippen LogP contribution in [0.15, 0.2) is 65.0 Å². The average molecular weight is 415 g/mol. The Hall–Kier alpha value is -2.70. The number of halogens is 1. The van der Waals surface area contributed by atoms with Gasteiger partial charge in [-0.3, -0.25) is 9.69 Å². The number of hydrogen-bond acceptors (Lipinski definition) is 5. The van der Waals surface area contributed by atoms with E-state index in [1.54, 1.807) is 38.4 Å². The van der Waals surface area contributed by atoms with Gasteiger partial charge in [-0.15, -0.1) is 0 Å². The van der Waals surface area contributed by atoms with E-state index in [0.717, 1.165) is 17.0 Å². The van der Waals surface area contributed by atoms with E-state index >= 15 is 0 Å². The number of methoxy groups -OCH3 is 1. The third-order valence-electron chi connectivity index (χ3n) is 3.91. The molecule has 0 spiro atoms. The largest absolute Gasteiger partial charge is 0.497 e. The highest BCUT2D eigenvalue weighted by molar-refractivity contribution is 8.18. The SMILES string of the molecule is C=CCOc1ccc(/C=C2\SC(=Nc3ccc(OC)cc3)N(C)C2=O)cc1Cl. The summed E-state index contributed by atoms with van der Waals surface area (Å²) in [4.78, 5) is 19.2. The first-order valence-corrected chi connectivity index (χ1v) is 9.65. The van der Waals surface area contributed by atoms with Crippen molar-refractivity contribution in [1.29, 1.82) is 0 Å². The number of rotatable bonds is 6. The zero-order chi connectivity index (χ0) is 20.1. The molecule has 2 aromatic rings. The second-order valence-electron chi connectivity index (χ2n) is 5.86. The van der Waals surface area contributed by atoms with Gasteiger partial charge in [0, 0.05) is 7.05 Å². The maximum atomic E-state index is 12.6. The lowest BCUT2D eigenvalue weighted by atomic mass is 10.2. The second kappa shape index (κ2) is 8.99. The fourth-order valence-corrected chi connectivity index (χ4v) is 3.67. The molecule has 1 fully saturated rings. The standard InChI is InChI=1S/C21H19ClN2O3S/c1-4-11-27-18-10-5-14(12-17(18)22)13-19-20(25)24(2)21(28-19)23-15-6-8-16(26-3)9-7-15/h4-10,12-13H,1,11H2,2-3H3/b19-13-,23-21?. The van der Waals surface area contributed by atoms with Crippen molar-refractivity contribution < 1.29 is 14.3 Å². The van der Waals surface area contributed by atoms with Crippen LogP contribution in [0.1, 0.15) is 5.56 Å². The number of thioether (sulfide) groups is 1. The quantitative estimate of drug-likeness (QED) is 0.484. The van der Waals surface area contributed by atoms with Crippen LogP contribution < -0.4 is 9.47 Å². The van der Waals surface area contributed by atoms with Gasteiger partial charge in [-0.1, -0.05) is 30.3 Å². The molecule has 1 saturated heterocycles. The van der Waals surface area contributed by atoms with Gasteiger partial charge in [0.15, 0.2) is 5.17 Å². The van der Waals surface area contributed by atoms with E-state index in [9.17, 15) is 4.79 Å². The van der Waals surface area contributed by atoms with Crippen LogP contribution in [-0.4, -0.2) is 36.7 Å². The molecule has 0 radical (unpaired) electrons. The predicted molar refractivity (Wildman–Crippen MR) is 116 cm³/mol. The highest BCUT2D eigenvalue weighted by Crippen LogP contribution is 2.34. The van der Waals surface area contributed by atoms with Gasteiger partial charge >= 0.3 is 0 Å². The molecule has 0 N–H and O–H groups in total. The topological polar surface area (TPSA) is 51.1 Å². The van der Waals surface area contributed by atoms with Crippen LogP contribution >= 0.6 is 23.4 Å². The van der Waals surface area contributed by atoms with Crippen molar-refractivity contribution in [3.8, 4) is 11.5 Å². The van der Waals surface area contributed by atoms with E-state index in [4.69, 9.17) is 21.1 Å². The van der Waals surface area contributed by atoms with E-state index < -0.39 is 0 Å². The Morgan fingerprint density at radius 1 is 1.25 bits per heavy atom. The Kier molecular flexibility index (Phi) is 6.44. The number of carbonyl (C=O) groups excluding carboxylic acids is 1. The minimum Gasteiger partial charge on any atom is -0.497 e. The molecule has 0 aliphatic carbocycles. The minimum absolute atomic E-state index is 0.111. The number of aliphatic imine (C=N–C) groups is 1. The van der Waals surface area contributed by atoms with E-state index in [1.165, 1.54) is 16.7 Å². The van der Waals surface area contributed by atoms with Crippen molar-refractivity contribution in [1.82, 2.24) is 4.90 Å². The van der Waals surface area contributed by atoms with E-state index in [-0.39, 0.29) is 5.91 Å². The number of carbonyl (C=O) groups is 1. The summed E-state index contributed by atoms with van der Waals surface area (Å²) in [5, 5.41) is 1.09. The molecule has 1 aliphatic heterocycles. The van der Waals surface area contributed by atoms with Crippen molar-refractivity contribution in [2.24, 2.45) is 4.99 Å². The number of benzene rings is 2. The van der Waals surface area contributed by atoms with Crippen LogP contribution in [0, 0.1) is 0 Å². The molecule has 1 heterocycles.